The Hall–Kier alpha value is -2.95. The first-order valence-corrected chi connectivity index (χ1v) is 9.05. The molecule has 2 aromatic heterocycles. The van der Waals surface area contributed by atoms with E-state index in [9.17, 15) is 4.79 Å². The summed E-state index contributed by atoms with van der Waals surface area (Å²) in [5.74, 6) is -0.123. The first-order valence-electron chi connectivity index (χ1n) is 9.05. The van der Waals surface area contributed by atoms with Crippen molar-refractivity contribution in [3.63, 3.8) is 0 Å². The van der Waals surface area contributed by atoms with E-state index in [-0.39, 0.29) is 5.91 Å². The van der Waals surface area contributed by atoms with E-state index >= 15 is 0 Å². The van der Waals surface area contributed by atoms with Gasteiger partial charge in [-0.25, -0.2) is 0 Å². The number of nitrogens with zero attached hydrogens (tertiary/aromatic N) is 3. The van der Waals surface area contributed by atoms with Crippen molar-refractivity contribution in [2.45, 2.75) is 32.1 Å². The van der Waals surface area contributed by atoms with Crippen LogP contribution in [0.5, 0.6) is 0 Å². The third-order valence-electron chi connectivity index (χ3n) is 4.96. The molecule has 0 unspecified atom stereocenters. The lowest BCUT2D eigenvalue weighted by atomic mass is 9.95. The molecule has 2 heterocycles. The summed E-state index contributed by atoms with van der Waals surface area (Å²) in [7, 11) is 1.93. The molecule has 132 valence electrons. The van der Waals surface area contributed by atoms with Crippen molar-refractivity contribution in [3.05, 3.63) is 76.9 Å². The monoisotopic (exact) mass is 346 g/mol. The molecule has 1 amide bonds. The Balaban J connectivity index is 1.59. The van der Waals surface area contributed by atoms with E-state index in [0.717, 1.165) is 48.1 Å². The first-order chi connectivity index (χ1) is 12.7. The number of carbonyl (C=O) groups excluding carboxylic acids is 1. The van der Waals surface area contributed by atoms with E-state index in [4.69, 9.17) is 0 Å². The average molecular weight is 346 g/mol. The number of carbonyl (C=O) groups is 1. The van der Waals surface area contributed by atoms with Gasteiger partial charge >= 0.3 is 0 Å². The van der Waals surface area contributed by atoms with Gasteiger partial charge in [-0.3, -0.25) is 14.5 Å². The normalized spacial score (nSPS) is 13.3. The average Bonchev–Trinajstić information content (AvgIpc) is 3.01. The largest absolute Gasteiger partial charge is 0.320 e. The van der Waals surface area contributed by atoms with Crippen LogP contribution in [0.25, 0.3) is 0 Å². The molecule has 1 aliphatic rings. The number of pyridine rings is 1. The van der Waals surface area contributed by atoms with E-state index < -0.39 is 0 Å². The van der Waals surface area contributed by atoms with Crippen LogP contribution < -0.4 is 5.32 Å². The summed E-state index contributed by atoms with van der Waals surface area (Å²) < 4.78 is 1.87. The predicted octanol–water partition coefficient (Wildman–Crippen LogP) is 3.54. The number of aryl methyl sites for hydroxylation is 1. The maximum atomic E-state index is 12.9. The van der Waals surface area contributed by atoms with E-state index in [1.54, 1.807) is 6.20 Å². The fourth-order valence-corrected chi connectivity index (χ4v) is 3.66. The number of hydrogen-bond acceptors (Lipinski definition) is 3. The molecule has 1 aliphatic carbocycles. The van der Waals surface area contributed by atoms with Crippen molar-refractivity contribution in [3.8, 4) is 0 Å². The smallest absolute Gasteiger partial charge is 0.276 e. The van der Waals surface area contributed by atoms with Gasteiger partial charge in [-0.05, 0) is 48.9 Å². The highest BCUT2D eigenvalue weighted by atomic mass is 16.2. The molecule has 1 N–H and O–H groups in total. The maximum Gasteiger partial charge on any atom is 0.276 e. The standard InChI is InChI=1S/C21H22N4O/c1-25-19-11-5-3-9-17(19)20(24-25)21(26)23-18-10-4-2-8-16(18)13-15-7-6-12-22-14-15/h2,4,6-8,10,12,14H,3,5,9,11,13H2,1H3,(H,23,26). The number of rotatable bonds is 4. The number of aromatic nitrogens is 3. The Morgan fingerprint density at radius 1 is 1.15 bits per heavy atom. The number of amides is 1. The lowest BCUT2D eigenvalue weighted by Crippen LogP contribution is -2.16. The van der Waals surface area contributed by atoms with Gasteiger partial charge in [-0.2, -0.15) is 5.10 Å². The van der Waals surface area contributed by atoms with Crippen molar-refractivity contribution in [2.24, 2.45) is 7.05 Å². The quantitative estimate of drug-likeness (QED) is 0.786. The second-order valence-corrected chi connectivity index (χ2v) is 6.75. The van der Waals surface area contributed by atoms with Crippen LogP contribution in [0.4, 0.5) is 5.69 Å². The van der Waals surface area contributed by atoms with Crippen LogP contribution in [0, 0.1) is 0 Å². The molecular weight excluding hydrogens is 324 g/mol. The van der Waals surface area contributed by atoms with Gasteiger partial charge in [0, 0.05) is 42.8 Å². The first kappa shape index (κ1) is 16.5. The second-order valence-electron chi connectivity index (χ2n) is 6.75. The highest BCUT2D eigenvalue weighted by molar-refractivity contribution is 6.04. The Bertz CT molecular complexity index is 930. The van der Waals surface area contributed by atoms with E-state index in [0.29, 0.717) is 5.69 Å². The van der Waals surface area contributed by atoms with Crippen LogP contribution in [0.1, 0.15) is 45.7 Å². The topological polar surface area (TPSA) is 59.8 Å². The number of anilines is 1. The van der Waals surface area contributed by atoms with Crippen molar-refractivity contribution >= 4 is 11.6 Å². The van der Waals surface area contributed by atoms with Gasteiger partial charge < -0.3 is 5.32 Å². The zero-order valence-corrected chi connectivity index (χ0v) is 14.9. The lowest BCUT2D eigenvalue weighted by molar-refractivity contribution is 0.102. The minimum absolute atomic E-state index is 0.123. The van der Waals surface area contributed by atoms with Crippen LogP contribution in [0.3, 0.4) is 0 Å². The van der Waals surface area contributed by atoms with Gasteiger partial charge in [0.1, 0.15) is 0 Å². The van der Waals surface area contributed by atoms with Gasteiger partial charge in [-0.15, -0.1) is 0 Å². The highest BCUT2D eigenvalue weighted by Gasteiger charge is 2.24. The Morgan fingerprint density at radius 3 is 2.85 bits per heavy atom. The summed E-state index contributed by atoms with van der Waals surface area (Å²) in [6.45, 7) is 0. The van der Waals surface area contributed by atoms with Crippen molar-refractivity contribution in [1.29, 1.82) is 0 Å². The van der Waals surface area contributed by atoms with Crippen molar-refractivity contribution in [1.82, 2.24) is 14.8 Å². The third-order valence-corrected chi connectivity index (χ3v) is 4.96. The molecule has 0 fully saturated rings. The Kier molecular flexibility index (Phi) is 4.52. The molecule has 4 rings (SSSR count). The molecule has 0 saturated carbocycles. The molecule has 0 saturated heterocycles. The predicted molar refractivity (Wildman–Crippen MR) is 101 cm³/mol. The fraction of sp³-hybridized carbons (Fsp3) is 0.286. The molecular formula is C21H22N4O. The molecule has 3 aromatic rings. The molecule has 5 nitrogen and oxygen atoms in total. The number of nitrogens with one attached hydrogen (secondary N) is 1. The summed E-state index contributed by atoms with van der Waals surface area (Å²) >= 11 is 0. The summed E-state index contributed by atoms with van der Waals surface area (Å²) in [4.78, 5) is 17.1. The molecule has 0 radical (unpaired) electrons. The van der Waals surface area contributed by atoms with Gasteiger partial charge in [0.2, 0.25) is 0 Å². The van der Waals surface area contributed by atoms with Gasteiger partial charge in [0.05, 0.1) is 0 Å². The molecule has 0 spiro atoms. The van der Waals surface area contributed by atoms with E-state index in [1.807, 2.05) is 54.3 Å². The minimum Gasteiger partial charge on any atom is -0.320 e. The minimum atomic E-state index is -0.123. The molecule has 0 atom stereocenters. The highest BCUT2D eigenvalue weighted by Crippen LogP contribution is 2.25. The summed E-state index contributed by atoms with van der Waals surface area (Å²) in [5.41, 5.74) is 5.89. The molecule has 26 heavy (non-hydrogen) atoms. The van der Waals surface area contributed by atoms with E-state index in [1.165, 1.54) is 12.1 Å². The van der Waals surface area contributed by atoms with Gasteiger partial charge in [0.15, 0.2) is 5.69 Å². The molecule has 0 bridgehead atoms. The fourth-order valence-electron chi connectivity index (χ4n) is 3.66. The third kappa shape index (κ3) is 3.25. The van der Waals surface area contributed by atoms with Crippen LogP contribution in [0.2, 0.25) is 0 Å². The van der Waals surface area contributed by atoms with Gasteiger partial charge in [-0.1, -0.05) is 24.3 Å². The lowest BCUT2D eigenvalue weighted by Gasteiger charge is -2.13. The summed E-state index contributed by atoms with van der Waals surface area (Å²) in [5, 5.41) is 7.57. The number of benzene rings is 1. The molecule has 1 aromatic carbocycles. The number of fused-ring (bicyclic) bond motifs is 1. The summed E-state index contributed by atoms with van der Waals surface area (Å²) in [6, 6.07) is 11.9. The van der Waals surface area contributed by atoms with E-state index in [2.05, 4.69) is 15.4 Å². The maximum absolute atomic E-state index is 12.9. The second kappa shape index (κ2) is 7.12. The number of hydrogen-bond donors (Lipinski definition) is 1. The summed E-state index contributed by atoms with van der Waals surface area (Å²) in [6.07, 6.45) is 8.57. The SMILES string of the molecule is Cn1nc(C(=O)Nc2ccccc2Cc2cccnc2)c2c1CCCC2. The Labute approximate surface area is 153 Å². The molecule has 0 aliphatic heterocycles. The van der Waals surface area contributed by atoms with Crippen molar-refractivity contribution in [2.75, 3.05) is 5.32 Å². The zero-order valence-electron chi connectivity index (χ0n) is 14.9. The van der Waals surface area contributed by atoms with Crippen LogP contribution in [0.15, 0.2) is 48.8 Å². The van der Waals surface area contributed by atoms with Crippen LogP contribution >= 0.6 is 0 Å². The zero-order chi connectivity index (χ0) is 17.9. The van der Waals surface area contributed by atoms with Crippen LogP contribution in [-0.4, -0.2) is 20.7 Å². The van der Waals surface area contributed by atoms with Crippen LogP contribution in [-0.2, 0) is 26.3 Å². The van der Waals surface area contributed by atoms with Gasteiger partial charge in [0.25, 0.3) is 5.91 Å². The van der Waals surface area contributed by atoms with Crippen molar-refractivity contribution < 1.29 is 4.79 Å². The number of para-hydroxylation sites is 1. The Morgan fingerprint density at radius 2 is 2.00 bits per heavy atom. The molecule has 5 heteroatoms.